The van der Waals surface area contributed by atoms with Gasteiger partial charge in [-0.2, -0.15) is 0 Å². The average Bonchev–Trinajstić information content (AvgIpc) is 2.10. The summed E-state index contributed by atoms with van der Waals surface area (Å²) in [5, 5.41) is 8.05. The predicted molar refractivity (Wildman–Crippen MR) is 64.2 cm³/mol. The maximum atomic E-state index is 10.6. The van der Waals surface area contributed by atoms with Gasteiger partial charge in [-0.3, -0.25) is 0 Å². The van der Waals surface area contributed by atoms with Crippen molar-refractivity contribution >= 4 is 10.0 Å². The van der Waals surface area contributed by atoms with Crippen LogP contribution >= 0.6 is 0 Å². The Morgan fingerprint density at radius 1 is 1.27 bits per heavy atom. The second-order valence-electron chi connectivity index (χ2n) is 4.07. The molecule has 0 radical (unpaired) electrons. The van der Waals surface area contributed by atoms with Crippen LogP contribution in [0.5, 0.6) is 0 Å². The molecule has 0 fully saturated rings. The number of hydrogen-bond acceptors (Lipinski definition) is 3. The fourth-order valence-electron chi connectivity index (χ4n) is 1.43. The van der Waals surface area contributed by atoms with Crippen molar-refractivity contribution in [3.8, 4) is 0 Å². The lowest BCUT2D eigenvalue weighted by Crippen LogP contribution is -2.32. The monoisotopic (exact) mass is 236 g/mol. The third-order valence-corrected chi connectivity index (χ3v) is 3.14. The lowest BCUT2D eigenvalue weighted by Gasteiger charge is -2.12. The first kappa shape index (κ1) is 14.9. The number of nitrogens with one attached hydrogen (secondary N) is 1. The van der Waals surface area contributed by atoms with Gasteiger partial charge >= 0.3 is 0 Å². The van der Waals surface area contributed by atoms with Crippen molar-refractivity contribution in [1.29, 1.82) is 0 Å². The predicted octanol–water partition coefficient (Wildman–Crippen LogP) is 1.22. The van der Waals surface area contributed by atoms with Crippen LogP contribution in [0.2, 0.25) is 0 Å². The number of rotatable bonds is 9. The summed E-state index contributed by atoms with van der Waals surface area (Å²) < 4.78 is 21.3. The largest absolute Gasteiger partial charge is 0.313 e. The van der Waals surface area contributed by atoms with Gasteiger partial charge in [0.2, 0.25) is 10.0 Å². The van der Waals surface area contributed by atoms with Gasteiger partial charge in [-0.05, 0) is 13.3 Å². The van der Waals surface area contributed by atoms with Crippen LogP contribution in [-0.2, 0) is 10.0 Å². The van der Waals surface area contributed by atoms with Crippen molar-refractivity contribution in [2.45, 2.75) is 52.0 Å². The Labute approximate surface area is 93.7 Å². The molecule has 1 unspecified atom stereocenters. The third kappa shape index (κ3) is 11.8. The zero-order valence-electron chi connectivity index (χ0n) is 9.83. The van der Waals surface area contributed by atoms with Crippen LogP contribution in [0.1, 0.15) is 46.0 Å². The molecule has 0 heterocycles. The highest BCUT2D eigenvalue weighted by Crippen LogP contribution is 2.04. The first-order valence-corrected chi connectivity index (χ1v) is 7.41. The summed E-state index contributed by atoms with van der Waals surface area (Å²) >= 11 is 0. The van der Waals surface area contributed by atoms with E-state index in [1.165, 1.54) is 25.7 Å². The van der Waals surface area contributed by atoms with Crippen LogP contribution in [0.3, 0.4) is 0 Å². The highest BCUT2D eigenvalue weighted by molar-refractivity contribution is 7.89. The Hall–Kier alpha value is -0.130. The van der Waals surface area contributed by atoms with E-state index in [1.54, 1.807) is 0 Å². The van der Waals surface area contributed by atoms with Crippen molar-refractivity contribution in [2.75, 3.05) is 12.3 Å². The van der Waals surface area contributed by atoms with Crippen LogP contribution in [0.4, 0.5) is 0 Å². The van der Waals surface area contributed by atoms with Crippen LogP contribution in [0, 0.1) is 0 Å². The minimum atomic E-state index is -3.31. The van der Waals surface area contributed by atoms with Crippen molar-refractivity contribution in [3.05, 3.63) is 0 Å². The minimum Gasteiger partial charge on any atom is -0.313 e. The molecule has 0 aliphatic rings. The van der Waals surface area contributed by atoms with Crippen molar-refractivity contribution in [3.63, 3.8) is 0 Å². The van der Waals surface area contributed by atoms with Crippen LogP contribution in [0.25, 0.3) is 0 Å². The fourth-order valence-corrected chi connectivity index (χ4v) is 1.83. The highest BCUT2D eigenvalue weighted by Gasteiger charge is 2.04. The number of nitrogens with two attached hydrogens (primary N) is 1. The average molecular weight is 236 g/mol. The molecular formula is C10H24N2O2S. The zero-order chi connectivity index (χ0) is 11.7. The van der Waals surface area contributed by atoms with E-state index in [9.17, 15) is 8.42 Å². The molecule has 0 rings (SSSR count). The fraction of sp³-hybridized carbons (Fsp3) is 1.00. The van der Waals surface area contributed by atoms with Crippen molar-refractivity contribution in [1.82, 2.24) is 5.32 Å². The normalized spacial score (nSPS) is 14.1. The van der Waals surface area contributed by atoms with Crippen LogP contribution in [-0.4, -0.2) is 26.8 Å². The van der Waals surface area contributed by atoms with E-state index in [0.29, 0.717) is 12.6 Å². The highest BCUT2D eigenvalue weighted by atomic mass is 32.2. The second kappa shape index (κ2) is 8.07. The molecule has 0 bridgehead atoms. The molecular weight excluding hydrogens is 212 g/mol. The van der Waals surface area contributed by atoms with Crippen molar-refractivity contribution < 1.29 is 8.42 Å². The molecule has 0 aromatic carbocycles. The SMILES string of the molecule is CCCCCCC(C)NCCS(N)(=O)=O. The Balaban J connectivity index is 3.37. The molecule has 0 aromatic heterocycles. The first-order valence-electron chi connectivity index (χ1n) is 5.69. The summed E-state index contributed by atoms with van der Waals surface area (Å²) in [6.45, 7) is 4.72. The molecule has 0 spiro atoms. The Morgan fingerprint density at radius 2 is 1.93 bits per heavy atom. The lowest BCUT2D eigenvalue weighted by molar-refractivity contribution is 0.493. The Morgan fingerprint density at radius 3 is 2.47 bits per heavy atom. The van der Waals surface area contributed by atoms with Crippen LogP contribution < -0.4 is 10.5 Å². The maximum Gasteiger partial charge on any atom is 0.210 e. The standard InChI is InChI=1S/C10H24N2O2S/c1-3-4-5-6-7-10(2)12-8-9-15(11,13)14/h10,12H,3-9H2,1-2H3,(H2,11,13,14). The molecule has 92 valence electrons. The van der Waals surface area contributed by atoms with Gasteiger partial charge in [0.05, 0.1) is 5.75 Å². The molecule has 0 aliphatic heterocycles. The molecule has 0 aromatic rings. The molecule has 0 amide bonds. The zero-order valence-corrected chi connectivity index (χ0v) is 10.6. The van der Waals surface area contributed by atoms with Gasteiger partial charge in [-0.25, -0.2) is 13.6 Å². The van der Waals surface area contributed by atoms with Crippen LogP contribution in [0.15, 0.2) is 0 Å². The molecule has 5 heteroatoms. The molecule has 0 saturated carbocycles. The van der Waals surface area contributed by atoms with E-state index < -0.39 is 10.0 Å². The molecule has 0 aliphatic carbocycles. The summed E-state index contributed by atoms with van der Waals surface area (Å²) in [4.78, 5) is 0. The van der Waals surface area contributed by atoms with Gasteiger partial charge in [0, 0.05) is 12.6 Å². The summed E-state index contributed by atoms with van der Waals surface area (Å²) in [7, 11) is -3.31. The van der Waals surface area contributed by atoms with Gasteiger partial charge in [-0.1, -0.05) is 32.6 Å². The summed E-state index contributed by atoms with van der Waals surface area (Å²) in [6, 6.07) is 0.378. The van der Waals surface area contributed by atoms with Gasteiger partial charge in [0.15, 0.2) is 0 Å². The Bertz CT molecular complexity index is 240. The third-order valence-electron chi connectivity index (χ3n) is 2.37. The van der Waals surface area contributed by atoms with Gasteiger partial charge in [0.1, 0.15) is 0 Å². The summed E-state index contributed by atoms with van der Waals surface area (Å²) in [5.41, 5.74) is 0. The summed E-state index contributed by atoms with van der Waals surface area (Å²) in [6.07, 6.45) is 6.09. The smallest absolute Gasteiger partial charge is 0.210 e. The molecule has 1 atom stereocenters. The number of hydrogen-bond donors (Lipinski definition) is 2. The quantitative estimate of drug-likeness (QED) is 0.591. The molecule has 0 saturated heterocycles. The molecule has 3 N–H and O–H groups in total. The Kier molecular flexibility index (Phi) is 8.00. The molecule has 15 heavy (non-hydrogen) atoms. The molecule has 4 nitrogen and oxygen atoms in total. The van der Waals surface area contributed by atoms with Gasteiger partial charge in [-0.15, -0.1) is 0 Å². The lowest BCUT2D eigenvalue weighted by atomic mass is 10.1. The van der Waals surface area contributed by atoms with E-state index in [0.717, 1.165) is 6.42 Å². The van der Waals surface area contributed by atoms with Crippen molar-refractivity contribution in [2.24, 2.45) is 5.14 Å². The van der Waals surface area contributed by atoms with E-state index in [2.05, 4.69) is 19.2 Å². The first-order chi connectivity index (χ1) is 6.95. The van der Waals surface area contributed by atoms with E-state index in [-0.39, 0.29) is 5.75 Å². The topological polar surface area (TPSA) is 72.2 Å². The number of primary sulfonamides is 1. The second-order valence-corrected chi connectivity index (χ2v) is 5.81. The van der Waals surface area contributed by atoms with Gasteiger partial charge in [0.25, 0.3) is 0 Å². The van der Waals surface area contributed by atoms with E-state index in [1.807, 2.05) is 0 Å². The number of sulfonamides is 1. The van der Waals surface area contributed by atoms with Gasteiger partial charge < -0.3 is 5.32 Å². The number of unbranched alkanes of at least 4 members (excludes halogenated alkanes) is 3. The van der Waals surface area contributed by atoms with E-state index >= 15 is 0 Å². The summed E-state index contributed by atoms with van der Waals surface area (Å²) in [5.74, 6) is 0.0201. The minimum absolute atomic E-state index is 0.0201. The van der Waals surface area contributed by atoms with E-state index in [4.69, 9.17) is 5.14 Å². The maximum absolute atomic E-state index is 10.6.